The number of hydrogen-bond donors (Lipinski definition) is 0. The Morgan fingerprint density at radius 3 is 3.11 bits per heavy atom. The van der Waals surface area contributed by atoms with Crippen LogP contribution in [0.2, 0.25) is 0 Å². The van der Waals surface area contributed by atoms with Gasteiger partial charge in [0.15, 0.2) is 0 Å². The maximum Gasteiger partial charge on any atom is 0.247 e. The van der Waals surface area contributed by atoms with Gasteiger partial charge in [0.25, 0.3) is 0 Å². The highest BCUT2D eigenvalue weighted by Gasteiger charge is 2.28. The van der Waals surface area contributed by atoms with E-state index in [2.05, 4.69) is 18.4 Å². The molecule has 1 aromatic heterocycles. The molecule has 1 amide bonds. The molecular formula is C15H19NOS. The van der Waals surface area contributed by atoms with Gasteiger partial charge in [0.05, 0.1) is 6.04 Å². The van der Waals surface area contributed by atoms with Crippen LogP contribution in [0, 0.1) is 0 Å². The second kappa shape index (κ2) is 6.01. The molecule has 3 heteroatoms. The molecule has 0 radical (unpaired) electrons. The summed E-state index contributed by atoms with van der Waals surface area (Å²) in [6.07, 6.45) is 9.27. The van der Waals surface area contributed by atoms with Crippen molar-refractivity contribution >= 4 is 17.2 Å². The molecule has 1 aromatic rings. The van der Waals surface area contributed by atoms with E-state index < -0.39 is 0 Å². The minimum Gasteiger partial charge on any atom is -0.332 e. The van der Waals surface area contributed by atoms with E-state index in [1.807, 2.05) is 41.4 Å². The van der Waals surface area contributed by atoms with Crippen LogP contribution in [0.15, 0.2) is 35.8 Å². The highest BCUT2D eigenvalue weighted by molar-refractivity contribution is 7.10. The summed E-state index contributed by atoms with van der Waals surface area (Å²) in [6.45, 7) is 4.93. The quantitative estimate of drug-likeness (QED) is 0.600. The van der Waals surface area contributed by atoms with Gasteiger partial charge in [0.1, 0.15) is 0 Å². The monoisotopic (exact) mass is 261 g/mol. The van der Waals surface area contributed by atoms with Gasteiger partial charge in [-0.25, -0.2) is 0 Å². The third-order valence-corrected chi connectivity index (χ3v) is 4.30. The minimum absolute atomic E-state index is 0.122. The van der Waals surface area contributed by atoms with Gasteiger partial charge in [0.2, 0.25) is 5.91 Å². The second-order valence-electron chi connectivity index (χ2n) is 4.39. The first-order chi connectivity index (χ1) is 8.77. The fourth-order valence-electron chi connectivity index (χ4n) is 2.45. The van der Waals surface area contributed by atoms with Gasteiger partial charge in [-0.2, -0.15) is 0 Å². The summed E-state index contributed by atoms with van der Waals surface area (Å²) in [7, 11) is 0. The highest BCUT2D eigenvalue weighted by Crippen LogP contribution is 2.35. The maximum absolute atomic E-state index is 12.2. The largest absolute Gasteiger partial charge is 0.332 e. The second-order valence-corrected chi connectivity index (χ2v) is 5.39. The lowest BCUT2D eigenvalue weighted by atomic mass is 9.98. The van der Waals surface area contributed by atoms with Crippen LogP contribution in [0.25, 0.3) is 0 Å². The van der Waals surface area contributed by atoms with Gasteiger partial charge in [0, 0.05) is 17.5 Å². The van der Waals surface area contributed by atoms with Crippen molar-refractivity contribution < 1.29 is 4.79 Å². The normalized spacial score (nSPS) is 19.7. The Hall–Kier alpha value is -1.35. The Morgan fingerprint density at radius 1 is 1.56 bits per heavy atom. The third-order valence-electron chi connectivity index (χ3n) is 3.31. The van der Waals surface area contributed by atoms with Crippen molar-refractivity contribution in [2.24, 2.45) is 0 Å². The van der Waals surface area contributed by atoms with Crippen LogP contribution in [-0.4, -0.2) is 17.4 Å². The zero-order chi connectivity index (χ0) is 13.0. The molecule has 0 saturated carbocycles. The van der Waals surface area contributed by atoms with Gasteiger partial charge in [-0.1, -0.05) is 25.2 Å². The first-order valence-electron chi connectivity index (χ1n) is 6.44. The maximum atomic E-state index is 12.2. The number of carbonyl (C=O) groups is 1. The molecule has 0 N–H and O–H groups in total. The third kappa shape index (κ3) is 2.56. The lowest BCUT2D eigenvalue weighted by molar-refractivity contribution is -0.128. The molecule has 0 fully saturated rings. The summed E-state index contributed by atoms with van der Waals surface area (Å²) in [4.78, 5) is 15.6. The number of nitrogens with zero attached hydrogens (tertiary/aromatic N) is 1. The molecule has 2 nitrogen and oxygen atoms in total. The van der Waals surface area contributed by atoms with Crippen LogP contribution in [0.1, 0.15) is 36.8 Å². The summed E-state index contributed by atoms with van der Waals surface area (Å²) in [6, 6.07) is 2.42. The molecule has 1 aliphatic rings. The van der Waals surface area contributed by atoms with E-state index in [1.165, 1.54) is 10.4 Å². The van der Waals surface area contributed by atoms with Gasteiger partial charge in [-0.05, 0) is 36.8 Å². The number of carbonyl (C=O) groups excluding carboxylic acids is 1. The lowest BCUT2D eigenvalue weighted by Crippen LogP contribution is -2.38. The van der Waals surface area contributed by atoms with E-state index in [4.69, 9.17) is 0 Å². The number of amides is 1. The van der Waals surface area contributed by atoms with Crippen LogP contribution in [0.3, 0.4) is 0 Å². The van der Waals surface area contributed by atoms with Gasteiger partial charge >= 0.3 is 0 Å². The highest BCUT2D eigenvalue weighted by atomic mass is 32.1. The number of thiophene rings is 1. The molecule has 0 spiro atoms. The minimum atomic E-state index is 0.122. The van der Waals surface area contributed by atoms with Crippen LogP contribution in [0.4, 0.5) is 0 Å². The van der Waals surface area contributed by atoms with Crippen LogP contribution in [0.5, 0.6) is 0 Å². The predicted molar refractivity (Wildman–Crippen MR) is 76.7 cm³/mol. The topological polar surface area (TPSA) is 20.3 Å². The first kappa shape index (κ1) is 13.1. The first-order valence-corrected chi connectivity index (χ1v) is 7.32. The number of rotatable bonds is 3. The Balaban J connectivity index is 2.17. The lowest BCUT2D eigenvalue weighted by Gasteiger charge is -2.34. The van der Waals surface area contributed by atoms with E-state index >= 15 is 0 Å². The molecule has 0 aromatic carbocycles. The Kier molecular flexibility index (Phi) is 4.37. The molecule has 0 bridgehead atoms. The van der Waals surface area contributed by atoms with Gasteiger partial charge in [-0.15, -0.1) is 11.3 Å². The van der Waals surface area contributed by atoms with Crippen LogP contribution < -0.4 is 0 Å². The summed E-state index contributed by atoms with van der Waals surface area (Å²) in [5.41, 5.74) is 1.35. The smallest absolute Gasteiger partial charge is 0.247 e. The Bertz CT molecular complexity index is 473. The zero-order valence-corrected chi connectivity index (χ0v) is 11.7. The molecular weight excluding hydrogens is 242 g/mol. The molecule has 0 aliphatic carbocycles. The zero-order valence-electron chi connectivity index (χ0n) is 10.9. The van der Waals surface area contributed by atoms with Crippen molar-refractivity contribution in [1.29, 1.82) is 0 Å². The average Bonchev–Trinajstić information content (AvgIpc) is 2.85. The van der Waals surface area contributed by atoms with Crippen LogP contribution >= 0.6 is 11.3 Å². The van der Waals surface area contributed by atoms with Crippen molar-refractivity contribution in [3.8, 4) is 0 Å². The van der Waals surface area contributed by atoms with Crippen molar-refractivity contribution in [1.82, 2.24) is 4.90 Å². The predicted octanol–water partition coefficient (Wildman–Crippen LogP) is 3.72. The van der Waals surface area contributed by atoms with Crippen molar-refractivity contribution in [2.75, 3.05) is 6.54 Å². The Labute approximate surface area is 113 Å². The number of hydrogen-bond acceptors (Lipinski definition) is 2. The molecule has 1 unspecified atom stereocenters. The molecule has 18 heavy (non-hydrogen) atoms. The standard InChI is InChI=1S/C15H19NOS/c1-3-5-6-7-15(17)16-10-8-14-12(9-11-18-14)13(16)4-2/h3,5-7,9,11,13H,4,8,10H2,1-2H3/b5-3+,7-6+. The Morgan fingerprint density at radius 2 is 2.39 bits per heavy atom. The molecule has 2 heterocycles. The summed E-state index contributed by atoms with van der Waals surface area (Å²) in [5, 5.41) is 2.14. The fourth-order valence-corrected chi connectivity index (χ4v) is 3.37. The van der Waals surface area contributed by atoms with Gasteiger partial charge < -0.3 is 4.90 Å². The summed E-state index contributed by atoms with van der Waals surface area (Å²) >= 11 is 1.81. The van der Waals surface area contributed by atoms with E-state index in [9.17, 15) is 4.79 Å². The molecule has 2 rings (SSSR count). The van der Waals surface area contributed by atoms with E-state index in [0.717, 1.165) is 19.4 Å². The van der Waals surface area contributed by atoms with E-state index in [1.54, 1.807) is 6.08 Å². The van der Waals surface area contributed by atoms with E-state index in [-0.39, 0.29) is 11.9 Å². The summed E-state index contributed by atoms with van der Waals surface area (Å²) in [5.74, 6) is 0.122. The van der Waals surface area contributed by atoms with Gasteiger partial charge in [-0.3, -0.25) is 4.79 Å². The summed E-state index contributed by atoms with van der Waals surface area (Å²) < 4.78 is 0. The van der Waals surface area contributed by atoms with Crippen molar-refractivity contribution in [3.05, 3.63) is 46.2 Å². The average molecular weight is 261 g/mol. The van der Waals surface area contributed by atoms with Crippen molar-refractivity contribution in [3.63, 3.8) is 0 Å². The molecule has 96 valence electrons. The van der Waals surface area contributed by atoms with Crippen LogP contribution in [-0.2, 0) is 11.2 Å². The fraction of sp³-hybridized carbons (Fsp3) is 0.400. The molecule has 0 saturated heterocycles. The molecule has 1 atom stereocenters. The number of fused-ring (bicyclic) bond motifs is 1. The van der Waals surface area contributed by atoms with E-state index in [0.29, 0.717) is 0 Å². The van der Waals surface area contributed by atoms with Crippen molar-refractivity contribution in [2.45, 2.75) is 32.7 Å². The molecule has 1 aliphatic heterocycles. The SMILES string of the molecule is C/C=C/C=C/C(=O)N1CCc2sccc2C1CC. The number of allylic oxidation sites excluding steroid dienone is 3.